The number of unbranched alkanes of at least 4 members (excludes halogenated alkanes) is 10. The van der Waals surface area contributed by atoms with E-state index in [4.69, 9.17) is 4.74 Å². The summed E-state index contributed by atoms with van der Waals surface area (Å²) in [6.07, 6.45) is 20.4. The van der Waals surface area contributed by atoms with E-state index in [9.17, 15) is 4.79 Å². The molecule has 0 saturated heterocycles. The average Bonchev–Trinajstić information content (AvgIpc) is 2.71. The summed E-state index contributed by atoms with van der Waals surface area (Å²) in [5, 5.41) is 0. The molecule has 0 amide bonds. The Morgan fingerprint density at radius 1 is 0.893 bits per heavy atom. The van der Waals surface area contributed by atoms with E-state index < -0.39 is 0 Å². The first-order valence-corrected chi connectivity index (χ1v) is 11.3. The van der Waals surface area contributed by atoms with Gasteiger partial charge in [-0.05, 0) is 44.2 Å². The van der Waals surface area contributed by atoms with Gasteiger partial charge in [0.05, 0.1) is 18.7 Å². The third-order valence-corrected chi connectivity index (χ3v) is 5.19. The van der Waals surface area contributed by atoms with Crippen molar-refractivity contribution >= 4 is 17.4 Å². The van der Waals surface area contributed by atoms with Crippen molar-refractivity contribution in [3.05, 3.63) is 42.0 Å². The van der Waals surface area contributed by atoms with Gasteiger partial charge in [0, 0.05) is 5.56 Å². The molecular weight excluding hydrogens is 346 g/mol. The lowest BCUT2D eigenvalue weighted by Gasteiger charge is -2.14. The number of rotatable bonds is 14. The van der Waals surface area contributed by atoms with Crippen molar-refractivity contribution in [1.29, 1.82) is 0 Å². The van der Waals surface area contributed by atoms with Crippen molar-refractivity contribution in [3.63, 3.8) is 0 Å². The average molecular weight is 384 g/mol. The Labute approximate surface area is 171 Å². The minimum Gasteiger partial charge on any atom is -0.480 e. The zero-order valence-corrected chi connectivity index (χ0v) is 17.6. The lowest BCUT2D eigenvalue weighted by atomic mass is 10.0. The summed E-state index contributed by atoms with van der Waals surface area (Å²) >= 11 is 0. The van der Waals surface area contributed by atoms with E-state index in [0.717, 1.165) is 24.9 Å². The number of hydrogen-bond acceptors (Lipinski definition) is 3. The zero-order chi connectivity index (χ0) is 19.9. The van der Waals surface area contributed by atoms with Crippen molar-refractivity contribution in [1.82, 2.24) is 0 Å². The van der Waals surface area contributed by atoms with E-state index >= 15 is 0 Å². The van der Waals surface area contributed by atoms with E-state index in [1.54, 1.807) is 0 Å². The number of hydrogen-bond donors (Lipinski definition) is 0. The van der Waals surface area contributed by atoms with Gasteiger partial charge in [-0.1, -0.05) is 76.2 Å². The molecule has 0 spiro atoms. The van der Waals surface area contributed by atoms with E-state index in [0.29, 0.717) is 18.1 Å². The minimum atomic E-state index is 0.101. The maximum Gasteiger partial charge on any atom is 0.196 e. The van der Waals surface area contributed by atoms with Gasteiger partial charge < -0.3 is 4.74 Å². The van der Waals surface area contributed by atoms with Crippen LogP contribution in [0.3, 0.4) is 0 Å². The third kappa shape index (κ3) is 8.86. The van der Waals surface area contributed by atoms with Crippen molar-refractivity contribution in [2.24, 2.45) is 4.99 Å². The topological polar surface area (TPSA) is 38.7 Å². The molecule has 2 rings (SSSR count). The molecule has 0 atom stereocenters. The van der Waals surface area contributed by atoms with Crippen LogP contribution in [0.25, 0.3) is 0 Å². The second-order valence-corrected chi connectivity index (χ2v) is 7.70. The molecule has 154 valence electrons. The van der Waals surface area contributed by atoms with Gasteiger partial charge in [-0.15, -0.1) is 0 Å². The standard InChI is InChI=1S/C25H37NO2/c1-2-3-4-5-6-7-8-9-10-11-12-13-14-17-20-28-25-21-24(27)22-18-15-16-19-23(22)26-25/h11-12,15-16,18-19H,2-10,13-14,17,20-21H2,1H3/b12-11+. The first kappa shape index (κ1) is 22.4. The van der Waals surface area contributed by atoms with Gasteiger partial charge in [0.25, 0.3) is 0 Å². The van der Waals surface area contributed by atoms with E-state index in [2.05, 4.69) is 24.1 Å². The van der Waals surface area contributed by atoms with E-state index in [1.807, 2.05) is 24.3 Å². The Morgan fingerprint density at radius 3 is 2.29 bits per heavy atom. The molecular formula is C25H37NO2. The van der Waals surface area contributed by atoms with Crippen molar-refractivity contribution in [3.8, 4) is 0 Å². The van der Waals surface area contributed by atoms with Crippen molar-refractivity contribution in [2.45, 2.75) is 90.4 Å². The molecule has 0 bridgehead atoms. The summed E-state index contributed by atoms with van der Waals surface area (Å²) in [5.41, 5.74) is 1.44. The van der Waals surface area contributed by atoms with Crippen LogP contribution in [-0.4, -0.2) is 18.3 Å². The van der Waals surface area contributed by atoms with Gasteiger partial charge in [-0.25, -0.2) is 4.99 Å². The van der Waals surface area contributed by atoms with Crippen LogP contribution in [0.2, 0.25) is 0 Å². The number of aliphatic imine (C=N–C) groups is 1. The fourth-order valence-electron chi connectivity index (χ4n) is 3.48. The Balaban J connectivity index is 1.44. The second kappa shape index (κ2) is 14.1. The number of Topliss-reactive ketones (excluding diaryl/α,β-unsaturated/α-hetero) is 1. The van der Waals surface area contributed by atoms with Crippen LogP contribution >= 0.6 is 0 Å². The summed E-state index contributed by atoms with van der Waals surface area (Å²) in [5.74, 6) is 0.665. The SMILES string of the molecule is CCCCCCCCCC/C=C/CCCCOC1=Nc2ccccc2C(=O)C1. The van der Waals surface area contributed by atoms with Gasteiger partial charge in [0.1, 0.15) is 0 Å². The minimum absolute atomic E-state index is 0.101. The second-order valence-electron chi connectivity index (χ2n) is 7.70. The predicted molar refractivity (Wildman–Crippen MR) is 119 cm³/mol. The molecule has 0 aromatic heterocycles. The number of nitrogens with zero attached hydrogens (tertiary/aromatic N) is 1. The summed E-state index contributed by atoms with van der Waals surface area (Å²) in [6, 6.07) is 7.48. The molecule has 1 aliphatic rings. The van der Waals surface area contributed by atoms with Crippen LogP contribution in [0, 0.1) is 0 Å². The number of allylic oxidation sites excluding steroid dienone is 2. The molecule has 1 aromatic carbocycles. The highest BCUT2D eigenvalue weighted by molar-refractivity contribution is 6.13. The predicted octanol–water partition coefficient (Wildman–Crippen LogP) is 7.58. The van der Waals surface area contributed by atoms with E-state index in [-0.39, 0.29) is 12.2 Å². The van der Waals surface area contributed by atoms with Crippen LogP contribution in [0.15, 0.2) is 41.4 Å². The first-order chi connectivity index (χ1) is 13.8. The number of ketones is 1. The highest BCUT2D eigenvalue weighted by atomic mass is 16.5. The Morgan fingerprint density at radius 2 is 1.54 bits per heavy atom. The molecule has 0 saturated carbocycles. The molecule has 3 heteroatoms. The van der Waals surface area contributed by atoms with Crippen LogP contribution in [0.1, 0.15) is 101 Å². The van der Waals surface area contributed by atoms with Crippen LogP contribution in [0.5, 0.6) is 0 Å². The Bertz CT molecular complexity index is 633. The number of carbonyl (C=O) groups is 1. The molecule has 1 aliphatic heterocycles. The number of carbonyl (C=O) groups excluding carboxylic acids is 1. The smallest absolute Gasteiger partial charge is 0.196 e. The van der Waals surface area contributed by atoms with Crippen molar-refractivity contribution < 1.29 is 9.53 Å². The van der Waals surface area contributed by atoms with Crippen LogP contribution in [-0.2, 0) is 4.74 Å². The number of ether oxygens (including phenoxy) is 1. The highest BCUT2D eigenvalue weighted by Crippen LogP contribution is 2.25. The van der Waals surface area contributed by atoms with Gasteiger partial charge in [0.15, 0.2) is 11.7 Å². The molecule has 0 radical (unpaired) electrons. The molecule has 0 aliphatic carbocycles. The van der Waals surface area contributed by atoms with Crippen molar-refractivity contribution in [2.75, 3.05) is 6.61 Å². The maximum atomic E-state index is 12.1. The normalized spacial score (nSPS) is 13.6. The van der Waals surface area contributed by atoms with Gasteiger partial charge in [-0.2, -0.15) is 0 Å². The van der Waals surface area contributed by atoms with Gasteiger partial charge >= 0.3 is 0 Å². The first-order valence-electron chi connectivity index (χ1n) is 11.3. The number of fused-ring (bicyclic) bond motifs is 1. The molecule has 0 fully saturated rings. The largest absolute Gasteiger partial charge is 0.480 e. The lowest BCUT2D eigenvalue weighted by Crippen LogP contribution is -2.16. The maximum absolute atomic E-state index is 12.1. The van der Waals surface area contributed by atoms with Gasteiger partial charge in [0.2, 0.25) is 0 Å². The molecule has 0 unspecified atom stereocenters. The molecule has 3 nitrogen and oxygen atoms in total. The monoisotopic (exact) mass is 383 g/mol. The van der Waals surface area contributed by atoms with Gasteiger partial charge in [-0.3, -0.25) is 4.79 Å². The lowest BCUT2D eigenvalue weighted by molar-refractivity contribution is 0.0990. The van der Waals surface area contributed by atoms with Crippen LogP contribution in [0.4, 0.5) is 5.69 Å². The third-order valence-electron chi connectivity index (χ3n) is 5.19. The number of benzene rings is 1. The Hall–Kier alpha value is -1.90. The summed E-state index contributed by atoms with van der Waals surface area (Å²) in [4.78, 5) is 16.5. The molecule has 28 heavy (non-hydrogen) atoms. The number of para-hydroxylation sites is 1. The zero-order valence-electron chi connectivity index (χ0n) is 17.6. The summed E-state index contributed by atoms with van der Waals surface area (Å²) in [6.45, 7) is 2.91. The molecule has 0 N–H and O–H groups in total. The van der Waals surface area contributed by atoms with Crippen LogP contribution < -0.4 is 0 Å². The fourth-order valence-corrected chi connectivity index (χ4v) is 3.48. The molecule has 1 heterocycles. The summed E-state index contributed by atoms with van der Waals surface area (Å²) in [7, 11) is 0. The van der Waals surface area contributed by atoms with E-state index in [1.165, 1.54) is 57.8 Å². The Kier molecular flexibility index (Phi) is 11.3. The summed E-state index contributed by atoms with van der Waals surface area (Å²) < 4.78 is 5.72. The molecule has 1 aromatic rings. The highest BCUT2D eigenvalue weighted by Gasteiger charge is 2.20. The quantitative estimate of drug-likeness (QED) is 0.245. The fraction of sp³-hybridized carbons (Fsp3) is 0.600.